The van der Waals surface area contributed by atoms with E-state index in [9.17, 15) is 4.79 Å². The number of hydrogen-bond donors (Lipinski definition) is 3. The summed E-state index contributed by atoms with van der Waals surface area (Å²) in [6, 6.07) is 0. The Kier molecular flexibility index (Phi) is 5.65. The molecule has 0 saturated heterocycles. The molecule has 0 radical (unpaired) electrons. The Labute approximate surface area is 101 Å². The Balaban J connectivity index is 2.39. The van der Waals surface area contributed by atoms with Crippen LogP contribution >= 0.6 is 0 Å². The maximum Gasteiger partial charge on any atom is 0.293 e. The zero-order chi connectivity index (χ0) is 12.7. The minimum absolute atomic E-state index is 0.106. The van der Waals surface area contributed by atoms with Crippen molar-refractivity contribution >= 4 is 5.82 Å². The molecule has 0 fully saturated rings. The van der Waals surface area contributed by atoms with E-state index in [0.29, 0.717) is 32.0 Å². The Morgan fingerprint density at radius 1 is 1.53 bits per heavy atom. The quantitative estimate of drug-likeness (QED) is 0.568. The SMILES string of the molecule is CCn1ccnc(NCCNCC(C)O)c1=O. The van der Waals surface area contributed by atoms with Crippen molar-refractivity contribution in [1.29, 1.82) is 0 Å². The molecule has 1 aromatic heterocycles. The van der Waals surface area contributed by atoms with Crippen LogP contribution in [0.1, 0.15) is 13.8 Å². The van der Waals surface area contributed by atoms with Crippen LogP contribution in [0.25, 0.3) is 0 Å². The fraction of sp³-hybridized carbons (Fsp3) is 0.636. The highest BCUT2D eigenvalue weighted by Gasteiger charge is 2.02. The van der Waals surface area contributed by atoms with Gasteiger partial charge >= 0.3 is 0 Å². The number of aliphatic hydroxyl groups excluding tert-OH is 1. The summed E-state index contributed by atoms with van der Waals surface area (Å²) in [5.41, 5.74) is -0.106. The number of nitrogens with one attached hydrogen (secondary N) is 2. The Hall–Kier alpha value is -1.40. The number of anilines is 1. The Morgan fingerprint density at radius 3 is 2.94 bits per heavy atom. The van der Waals surface area contributed by atoms with E-state index in [1.165, 1.54) is 0 Å². The maximum absolute atomic E-state index is 11.7. The Bertz CT molecular complexity index is 389. The normalized spacial score (nSPS) is 12.4. The highest BCUT2D eigenvalue weighted by Crippen LogP contribution is 1.91. The molecule has 0 aromatic carbocycles. The minimum atomic E-state index is -0.359. The van der Waals surface area contributed by atoms with E-state index < -0.39 is 0 Å². The molecule has 1 unspecified atom stereocenters. The van der Waals surface area contributed by atoms with Crippen LogP contribution in [-0.2, 0) is 6.54 Å². The van der Waals surface area contributed by atoms with Crippen LogP contribution in [0.5, 0.6) is 0 Å². The lowest BCUT2D eigenvalue weighted by Gasteiger charge is -2.09. The average Bonchev–Trinajstić information content (AvgIpc) is 2.30. The fourth-order valence-corrected chi connectivity index (χ4v) is 1.40. The lowest BCUT2D eigenvalue weighted by Crippen LogP contribution is -2.31. The van der Waals surface area contributed by atoms with Gasteiger partial charge in [-0.25, -0.2) is 4.98 Å². The number of hydrogen-bond acceptors (Lipinski definition) is 5. The van der Waals surface area contributed by atoms with Crippen LogP contribution in [0.2, 0.25) is 0 Å². The summed E-state index contributed by atoms with van der Waals surface area (Å²) >= 11 is 0. The van der Waals surface area contributed by atoms with E-state index in [4.69, 9.17) is 5.11 Å². The van der Waals surface area contributed by atoms with Gasteiger partial charge in [0.25, 0.3) is 5.56 Å². The molecule has 0 saturated carbocycles. The third kappa shape index (κ3) is 4.54. The topological polar surface area (TPSA) is 79.2 Å². The lowest BCUT2D eigenvalue weighted by molar-refractivity contribution is 0.192. The third-order valence-corrected chi connectivity index (χ3v) is 2.29. The van der Waals surface area contributed by atoms with E-state index in [1.54, 1.807) is 23.9 Å². The molecule has 1 aromatic rings. The number of aromatic nitrogens is 2. The molecule has 6 heteroatoms. The summed E-state index contributed by atoms with van der Waals surface area (Å²) in [4.78, 5) is 15.7. The molecule has 6 nitrogen and oxygen atoms in total. The molecule has 0 aliphatic heterocycles. The van der Waals surface area contributed by atoms with Crippen LogP contribution in [0.4, 0.5) is 5.82 Å². The van der Waals surface area contributed by atoms with Gasteiger partial charge in [0.05, 0.1) is 6.10 Å². The predicted molar refractivity (Wildman–Crippen MR) is 67.2 cm³/mol. The van der Waals surface area contributed by atoms with Crippen molar-refractivity contribution < 1.29 is 5.11 Å². The first-order valence-electron chi connectivity index (χ1n) is 5.83. The van der Waals surface area contributed by atoms with E-state index in [2.05, 4.69) is 15.6 Å². The van der Waals surface area contributed by atoms with Crippen molar-refractivity contribution in [3.63, 3.8) is 0 Å². The van der Waals surface area contributed by atoms with Crippen LogP contribution in [0.3, 0.4) is 0 Å². The molecular formula is C11H20N4O2. The van der Waals surface area contributed by atoms with Crippen molar-refractivity contribution in [3.8, 4) is 0 Å². The second-order valence-corrected chi connectivity index (χ2v) is 3.85. The van der Waals surface area contributed by atoms with Crippen LogP contribution in [0, 0.1) is 0 Å². The summed E-state index contributed by atoms with van der Waals surface area (Å²) < 4.78 is 1.60. The predicted octanol–water partition coefficient (Wildman–Crippen LogP) is -0.354. The van der Waals surface area contributed by atoms with Crippen molar-refractivity contribution in [2.24, 2.45) is 0 Å². The number of rotatable bonds is 7. The van der Waals surface area contributed by atoms with Crippen LogP contribution < -0.4 is 16.2 Å². The van der Waals surface area contributed by atoms with Gasteiger partial charge in [0.2, 0.25) is 0 Å². The molecule has 1 atom stereocenters. The molecule has 0 amide bonds. The second kappa shape index (κ2) is 7.03. The summed E-state index contributed by atoms with van der Waals surface area (Å²) in [5, 5.41) is 15.1. The third-order valence-electron chi connectivity index (χ3n) is 2.29. The second-order valence-electron chi connectivity index (χ2n) is 3.85. The molecule has 96 valence electrons. The highest BCUT2D eigenvalue weighted by molar-refractivity contribution is 5.30. The van der Waals surface area contributed by atoms with Crippen molar-refractivity contribution in [3.05, 3.63) is 22.7 Å². The lowest BCUT2D eigenvalue weighted by atomic mass is 10.4. The van der Waals surface area contributed by atoms with Crippen LogP contribution in [-0.4, -0.2) is 40.4 Å². The zero-order valence-electron chi connectivity index (χ0n) is 10.3. The van der Waals surface area contributed by atoms with Gasteiger partial charge in [-0.3, -0.25) is 4.79 Å². The van der Waals surface area contributed by atoms with Crippen molar-refractivity contribution in [2.45, 2.75) is 26.5 Å². The van der Waals surface area contributed by atoms with E-state index in [-0.39, 0.29) is 11.7 Å². The van der Waals surface area contributed by atoms with Crippen molar-refractivity contribution in [1.82, 2.24) is 14.9 Å². The summed E-state index contributed by atoms with van der Waals surface area (Å²) in [7, 11) is 0. The van der Waals surface area contributed by atoms with E-state index >= 15 is 0 Å². The smallest absolute Gasteiger partial charge is 0.293 e. The molecule has 3 N–H and O–H groups in total. The van der Waals surface area contributed by atoms with Gasteiger partial charge in [0.15, 0.2) is 5.82 Å². The van der Waals surface area contributed by atoms with Gasteiger partial charge in [-0.2, -0.15) is 0 Å². The van der Waals surface area contributed by atoms with Gasteiger partial charge in [-0.1, -0.05) is 0 Å². The molecule has 0 aliphatic carbocycles. The summed E-state index contributed by atoms with van der Waals surface area (Å²) in [6.07, 6.45) is 2.91. The largest absolute Gasteiger partial charge is 0.392 e. The number of aryl methyl sites for hydroxylation is 1. The number of aliphatic hydroxyl groups is 1. The minimum Gasteiger partial charge on any atom is -0.392 e. The van der Waals surface area contributed by atoms with Gasteiger partial charge in [0.1, 0.15) is 0 Å². The van der Waals surface area contributed by atoms with Crippen LogP contribution in [0.15, 0.2) is 17.2 Å². The summed E-state index contributed by atoms with van der Waals surface area (Å²) in [6.45, 7) is 6.09. The maximum atomic E-state index is 11.7. The van der Waals surface area contributed by atoms with Gasteiger partial charge < -0.3 is 20.3 Å². The number of nitrogens with zero attached hydrogens (tertiary/aromatic N) is 2. The molecule has 0 aliphatic rings. The molecule has 17 heavy (non-hydrogen) atoms. The van der Waals surface area contributed by atoms with Gasteiger partial charge in [-0.05, 0) is 13.8 Å². The van der Waals surface area contributed by atoms with E-state index in [1.807, 2.05) is 6.92 Å². The zero-order valence-corrected chi connectivity index (χ0v) is 10.3. The molecule has 0 spiro atoms. The summed E-state index contributed by atoms with van der Waals surface area (Å²) in [5.74, 6) is 0.369. The first kappa shape index (κ1) is 13.7. The van der Waals surface area contributed by atoms with Crippen molar-refractivity contribution in [2.75, 3.05) is 25.0 Å². The monoisotopic (exact) mass is 240 g/mol. The van der Waals surface area contributed by atoms with Gasteiger partial charge in [0, 0.05) is 38.6 Å². The van der Waals surface area contributed by atoms with E-state index in [0.717, 1.165) is 0 Å². The highest BCUT2D eigenvalue weighted by atomic mass is 16.3. The Morgan fingerprint density at radius 2 is 2.29 bits per heavy atom. The van der Waals surface area contributed by atoms with Gasteiger partial charge in [-0.15, -0.1) is 0 Å². The first-order chi connectivity index (χ1) is 8.15. The fourth-order valence-electron chi connectivity index (χ4n) is 1.40. The molecule has 1 heterocycles. The molecule has 0 bridgehead atoms. The average molecular weight is 240 g/mol. The first-order valence-corrected chi connectivity index (χ1v) is 5.83. The standard InChI is InChI=1S/C11H20N4O2/c1-3-15-7-6-14-10(11(15)17)13-5-4-12-8-9(2)16/h6-7,9,12,16H,3-5,8H2,1-2H3,(H,13,14). The molecular weight excluding hydrogens is 220 g/mol. The molecule has 1 rings (SSSR count).